The van der Waals surface area contributed by atoms with Crippen LogP contribution in [0, 0.1) is 0 Å². The van der Waals surface area contributed by atoms with Crippen LogP contribution in [0.5, 0.6) is 0 Å². The quantitative estimate of drug-likeness (QED) is 0.693. The first kappa shape index (κ1) is 9.65. The van der Waals surface area contributed by atoms with Crippen molar-refractivity contribution in [2.45, 2.75) is 13.0 Å². The van der Waals surface area contributed by atoms with E-state index in [1.54, 1.807) is 13.0 Å². The van der Waals surface area contributed by atoms with Crippen molar-refractivity contribution in [2.24, 2.45) is 0 Å². The van der Waals surface area contributed by atoms with Crippen molar-refractivity contribution in [3.8, 4) is 0 Å². The van der Waals surface area contributed by atoms with Gasteiger partial charge in [0.15, 0.2) is 0 Å². The van der Waals surface area contributed by atoms with Crippen molar-refractivity contribution in [2.75, 3.05) is 5.73 Å². The summed E-state index contributed by atoms with van der Waals surface area (Å²) in [7, 11) is 0. The highest BCUT2D eigenvalue weighted by molar-refractivity contribution is 6.42. The molecule has 66 valence electrons. The third-order valence-electron chi connectivity index (χ3n) is 1.58. The van der Waals surface area contributed by atoms with E-state index >= 15 is 0 Å². The van der Waals surface area contributed by atoms with Crippen LogP contribution in [0.2, 0.25) is 10.0 Å². The van der Waals surface area contributed by atoms with Gasteiger partial charge in [0.1, 0.15) is 0 Å². The molecule has 1 unspecified atom stereocenters. The lowest BCUT2D eigenvalue weighted by Gasteiger charge is -2.09. The Morgan fingerprint density at radius 3 is 2.33 bits per heavy atom. The Balaban J connectivity index is 3.23. The predicted molar refractivity (Wildman–Crippen MR) is 51.5 cm³/mol. The van der Waals surface area contributed by atoms with Gasteiger partial charge in [0, 0.05) is 11.3 Å². The molecule has 0 aliphatic heterocycles. The van der Waals surface area contributed by atoms with Crippen molar-refractivity contribution in [1.82, 2.24) is 0 Å². The molecule has 0 heterocycles. The molecular weight excluding hydrogens is 197 g/mol. The molecule has 2 nitrogen and oxygen atoms in total. The minimum atomic E-state index is -0.625. The fourth-order valence-electron chi connectivity index (χ4n) is 0.939. The fraction of sp³-hybridized carbons (Fsp3) is 0.250. The third kappa shape index (κ3) is 1.83. The predicted octanol–water partition coefficient (Wildman–Crippen LogP) is 2.63. The standard InChI is InChI=1S/C8H9Cl2NO/c1-4(12)5-2-6(9)7(10)3-8(5)11/h2-4,12H,11H2,1H3. The van der Waals surface area contributed by atoms with Crippen molar-refractivity contribution >= 4 is 28.9 Å². The number of hydrogen-bond donors (Lipinski definition) is 2. The SMILES string of the molecule is CC(O)c1cc(Cl)c(Cl)cc1N. The summed E-state index contributed by atoms with van der Waals surface area (Å²) >= 11 is 11.4. The minimum absolute atomic E-state index is 0.401. The second-order valence-corrected chi connectivity index (χ2v) is 3.39. The van der Waals surface area contributed by atoms with E-state index in [9.17, 15) is 5.11 Å². The number of rotatable bonds is 1. The van der Waals surface area contributed by atoms with Crippen LogP contribution in [0.15, 0.2) is 12.1 Å². The Morgan fingerprint density at radius 2 is 1.83 bits per heavy atom. The number of halogens is 2. The topological polar surface area (TPSA) is 46.2 Å². The number of aliphatic hydroxyl groups excluding tert-OH is 1. The number of aliphatic hydroxyl groups is 1. The van der Waals surface area contributed by atoms with Crippen LogP contribution in [0.3, 0.4) is 0 Å². The van der Waals surface area contributed by atoms with Crippen LogP contribution in [0.25, 0.3) is 0 Å². The Hall–Kier alpha value is -0.440. The van der Waals surface area contributed by atoms with E-state index in [0.717, 1.165) is 0 Å². The average Bonchev–Trinajstić information content (AvgIpc) is 1.96. The molecule has 1 aromatic rings. The van der Waals surface area contributed by atoms with E-state index in [1.165, 1.54) is 6.07 Å². The maximum atomic E-state index is 9.24. The molecule has 0 bridgehead atoms. The molecule has 4 heteroatoms. The van der Waals surface area contributed by atoms with Gasteiger partial charge in [-0.05, 0) is 19.1 Å². The van der Waals surface area contributed by atoms with Crippen LogP contribution in [-0.2, 0) is 0 Å². The van der Waals surface area contributed by atoms with Gasteiger partial charge >= 0.3 is 0 Å². The molecule has 0 aliphatic carbocycles. The van der Waals surface area contributed by atoms with Gasteiger partial charge in [0.25, 0.3) is 0 Å². The van der Waals surface area contributed by atoms with Crippen molar-refractivity contribution < 1.29 is 5.11 Å². The molecule has 3 N–H and O–H groups in total. The molecule has 12 heavy (non-hydrogen) atoms. The molecule has 1 rings (SSSR count). The summed E-state index contributed by atoms with van der Waals surface area (Å²) in [6.07, 6.45) is -0.625. The Labute approximate surface area is 80.9 Å². The molecule has 0 saturated carbocycles. The number of nitrogens with two attached hydrogens (primary N) is 1. The Bertz CT molecular complexity index is 299. The highest BCUT2D eigenvalue weighted by Gasteiger charge is 2.08. The highest BCUT2D eigenvalue weighted by atomic mass is 35.5. The van der Waals surface area contributed by atoms with Crippen molar-refractivity contribution in [3.05, 3.63) is 27.7 Å². The first-order valence-corrected chi connectivity index (χ1v) is 4.20. The Kier molecular flexibility index (Phi) is 2.83. The highest BCUT2D eigenvalue weighted by Crippen LogP contribution is 2.30. The summed E-state index contributed by atoms with van der Waals surface area (Å²) in [4.78, 5) is 0. The molecule has 0 spiro atoms. The molecule has 0 aromatic heterocycles. The fourth-order valence-corrected chi connectivity index (χ4v) is 1.28. The van der Waals surface area contributed by atoms with Gasteiger partial charge in [-0.15, -0.1) is 0 Å². The second-order valence-electron chi connectivity index (χ2n) is 2.57. The normalized spacial score (nSPS) is 13.0. The number of benzene rings is 1. The summed E-state index contributed by atoms with van der Waals surface area (Å²) in [5.41, 5.74) is 6.65. The van der Waals surface area contributed by atoms with Gasteiger partial charge < -0.3 is 10.8 Å². The lowest BCUT2D eigenvalue weighted by molar-refractivity contribution is 0.200. The first-order chi connectivity index (χ1) is 5.52. The molecular formula is C8H9Cl2NO. The van der Waals surface area contributed by atoms with Crippen LogP contribution < -0.4 is 5.73 Å². The van der Waals surface area contributed by atoms with E-state index < -0.39 is 6.10 Å². The molecule has 1 atom stereocenters. The summed E-state index contributed by atoms with van der Waals surface area (Å²) < 4.78 is 0. The maximum absolute atomic E-state index is 9.24. The van der Waals surface area contributed by atoms with Crippen LogP contribution >= 0.6 is 23.2 Å². The maximum Gasteiger partial charge on any atom is 0.0782 e. The summed E-state index contributed by atoms with van der Waals surface area (Å²) in [6.45, 7) is 1.62. The van der Waals surface area contributed by atoms with E-state index in [0.29, 0.717) is 21.3 Å². The minimum Gasteiger partial charge on any atom is -0.398 e. The van der Waals surface area contributed by atoms with Gasteiger partial charge in [0.2, 0.25) is 0 Å². The average molecular weight is 206 g/mol. The van der Waals surface area contributed by atoms with E-state index in [1.807, 2.05) is 0 Å². The van der Waals surface area contributed by atoms with Gasteiger partial charge in [-0.3, -0.25) is 0 Å². The van der Waals surface area contributed by atoms with Gasteiger partial charge in [-0.25, -0.2) is 0 Å². The summed E-state index contributed by atoms with van der Waals surface area (Å²) in [6, 6.07) is 3.11. The molecule has 0 radical (unpaired) electrons. The van der Waals surface area contributed by atoms with Crippen LogP contribution in [-0.4, -0.2) is 5.11 Å². The molecule has 1 aromatic carbocycles. The van der Waals surface area contributed by atoms with E-state index in [4.69, 9.17) is 28.9 Å². The number of nitrogen functional groups attached to an aromatic ring is 1. The third-order valence-corrected chi connectivity index (χ3v) is 2.30. The molecule has 0 fully saturated rings. The monoisotopic (exact) mass is 205 g/mol. The van der Waals surface area contributed by atoms with E-state index in [2.05, 4.69) is 0 Å². The number of anilines is 1. The number of hydrogen-bond acceptors (Lipinski definition) is 2. The van der Waals surface area contributed by atoms with Gasteiger partial charge in [0.05, 0.1) is 16.1 Å². The van der Waals surface area contributed by atoms with Crippen molar-refractivity contribution in [3.63, 3.8) is 0 Å². The first-order valence-electron chi connectivity index (χ1n) is 3.45. The van der Waals surface area contributed by atoms with E-state index in [-0.39, 0.29) is 0 Å². The van der Waals surface area contributed by atoms with Crippen LogP contribution in [0.4, 0.5) is 5.69 Å². The zero-order chi connectivity index (χ0) is 9.30. The van der Waals surface area contributed by atoms with Gasteiger partial charge in [-0.1, -0.05) is 23.2 Å². The van der Waals surface area contributed by atoms with Crippen LogP contribution in [0.1, 0.15) is 18.6 Å². The molecule has 0 aliphatic rings. The molecule has 0 amide bonds. The largest absolute Gasteiger partial charge is 0.398 e. The zero-order valence-electron chi connectivity index (χ0n) is 6.51. The lowest BCUT2D eigenvalue weighted by atomic mass is 10.1. The smallest absolute Gasteiger partial charge is 0.0782 e. The summed E-state index contributed by atoms with van der Waals surface area (Å²) in [5.74, 6) is 0. The lowest BCUT2D eigenvalue weighted by Crippen LogP contribution is -1.98. The zero-order valence-corrected chi connectivity index (χ0v) is 8.02. The van der Waals surface area contributed by atoms with Crippen molar-refractivity contribution in [1.29, 1.82) is 0 Å². The van der Waals surface area contributed by atoms with Gasteiger partial charge in [-0.2, -0.15) is 0 Å². The summed E-state index contributed by atoms with van der Waals surface area (Å²) in [5, 5.41) is 10.0. The Morgan fingerprint density at radius 1 is 1.33 bits per heavy atom. The second kappa shape index (κ2) is 3.52. The molecule has 0 saturated heterocycles.